The normalized spacial score (nSPS) is 10.4. The Labute approximate surface area is 213 Å². The van der Waals surface area contributed by atoms with Crippen molar-refractivity contribution in [1.29, 1.82) is 10.5 Å². The summed E-state index contributed by atoms with van der Waals surface area (Å²) in [5.41, 5.74) is -1.90. The van der Waals surface area contributed by atoms with Crippen LogP contribution in [0.4, 0.5) is 11.8 Å². The third-order valence-electron chi connectivity index (χ3n) is 5.03. The number of nitrogens with zero attached hydrogens (tertiary/aromatic N) is 4. The Morgan fingerprint density at radius 1 is 0.605 bits per heavy atom. The van der Waals surface area contributed by atoms with Gasteiger partial charge in [-0.15, -0.1) is 0 Å². The minimum absolute atomic E-state index is 0.351. The zero-order chi connectivity index (χ0) is 28.6. The van der Waals surface area contributed by atoms with Crippen LogP contribution in [-0.4, -0.2) is 35.6 Å². The van der Waals surface area contributed by atoms with Gasteiger partial charge < -0.3 is 18.3 Å². The van der Waals surface area contributed by atoms with Gasteiger partial charge in [0.2, 0.25) is 35.4 Å². The summed E-state index contributed by atoms with van der Waals surface area (Å²) in [6.45, 7) is 6.13. The monoisotopic (exact) mass is 522 g/mol. The lowest BCUT2D eigenvalue weighted by Crippen LogP contribution is -2.33. The summed E-state index contributed by atoms with van der Waals surface area (Å²) in [5, 5.41) is 19.2. The van der Waals surface area contributed by atoms with Crippen LogP contribution < -0.4 is 19.3 Å². The number of rotatable bonds is 4. The molecule has 0 aliphatic carbocycles. The van der Waals surface area contributed by atoms with Crippen LogP contribution in [0.15, 0.2) is 8.83 Å². The SMILES string of the molecule is CC(=O)Oc1c2oc(N(C(C)=O)C(C)=O)c(C#N)c2c(OC(C)=O)c2oc(N(C(C)=O)C(C)=O)c(C#N)c12. The summed E-state index contributed by atoms with van der Waals surface area (Å²) >= 11 is 0. The van der Waals surface area contributed by atoms with E-state index in [1.807, 2.05) is 0 Å². The van der Waals surface area contributed by atoms with Crippen molar-refractivity contribution in [3.8, 4) is 23.6 Å². The Balaban J connectivity index is 2.73. The number of hydrogen-bond acceptors (Lipinski definition) is 12. The maximum absolute atomic E-state index is 12.2. The molecule has 14 heteroatoms. The Morgan fingerprint density at radius 3 is 1.11 bits per heavy atom. The molecule has 0 N–H and O–H groups in total. The van der Waals surface area contributed by atoms with E-state index in [0.717, 1.165) is 41.5 Å². The van der Waals surface area contributed by atoms with Gasteiger partial charge in [0, 0.05) is 41.5 Å². The standard InChI is InChI=1S/C24H18N4O10/c1-9(29)27(10(2)30)23-15(7-25)17-19(35-13(5)33)22-18(20(21(17)37-23)36-14(6)34)16(8-26)24(38-22)28(11(3)31)12(4)32/h1-6H3. The number of benzene rings is 1. The Morgan fingerprint density at radius 2 is 0.895 bits per heavy atom. The highest BCUT2D eigenvalue weighted by molar-refractivity contribution is 6.20. The number of ether oxygens (including phenoxy) is 2. The van der Waals surface area contributed by atoms with Gasteiger partial charge in [-0.05, 0) is 0 Å². The van der Waals surface area contributed by atoms with Crippen LogP contribution in [0.2, 0.25) is 0 Å². The van der Waals surface area contributed by atoms with Crippen molar-refractivity contribution < 1.29 is 47.1 Å². The van der Waals surface area contributed by atoms with Gasteiger partial charge in [-0.1, -0.05) is 0 Å². The summed E-state index contributed by atoms with van der Waals surface area (Å²) < 4.78 is 22.0. The predicted molar refractivity (Wildman–Crippen MR) is 126 cm³/mol. The van der Waals surface area contributed by atoms with Crippen molar-refractivity contribution in [2.24, 2.45) is 0 Å². The van der Waals surface area contributed by atoms with Crippen LogP contribution in [0.1, 0.15) is 52.7 Å². The molecule has 0 bridgehead atoms. The van der Waals surface area contributed by atoms with E-state index in [9.17, 15) is 39.3 Å². The topological polar surface area (TPSA) is 201 Å². The van der Waals surface area contributed by atoms with E-state index < -0.39 is 81.1 Å². The van der Waals surface area contributed by atoms with E-state index in [4.69, 9.17) is 18.3 Å². The fourth-order valence-corrected chi connectivity index (χ4v) is 3.84. The lowest BCUT2D eigenvalue weighted by atomic mass is 10.1. The average molecular weight is 522 g/mol. The summed E-state index contributed by atoms with van der Waals surface area (Å²) in [6.07, 6.45) is 0. The highest BCUT2D eigenvalue weighted by Crippen LogP contribution is 2.52. The first-order chi connectivity index (χ1) is 17.8. The number of anilines is 2. The number of carbonyl (C=O) groups excluding carboxylic acids is 6. The van der Waals surface area contributed by atoms with Crippen molar-refractivity contribution in [1.82, 2.24) is 0 Å². The smallest absolute Gasteiger partial charge is 0.308 e. The first-order valence-corrected chi connectivity index (χ1v) is 10.6. The van der Waals surface area contributed by atoms with E-state index in [1.54, 1.807) is 12.1 Å². The molecule has 38 heavy (non-hydrogen) atoms. The van der Waals surface area contributed by atoms with Gasteiger partial charge in [0.15, 0.2) is 22.7 Å². The molecule has 0 unspecified atom stereocenters. The maximum Gasteiger partial charge on any atom is 0.308 e. The van der Waals surface area contributed by atoms with Crippen LogP contribution in [0.3, 0.4) is 0 Å². The number of imide groups is 2. The minimum atomic E-state index is -0.930. The molecule has 0 radical (unpaired) electrons. The van der Waals surface area contributed by atoms with Crippen molar-refractivity contribution in [3.63, 3.8) is 0 Å². The van der Waals surface area contributed by atoms with E-state index in [0.29, 0.717) is 9.80 Å². The van der Waals surface area contributed by atoms with Gasteiger partial charge >= 0.3 is 11.9 Å². The van der Waals surface area contributed by atoms with Crippen molar-refractivity contribution in [3.05, 3.63) is 11.1 Å². The van der Waals surface area contributed by atoms with Crippen LogP contribution in [-0.2, 0) is 28.8 Å². The fourth-order valence-electron chi connectivity index (χ4n) is 3.84. The lowest BCUT2D eigenvalue weighted by Gasteiger charge is -2.14. The first kappa shape index (κ1) is 27.1. The first-order valence-electron chi connectivity index (χ1n) is 10.6. The highest BCUT2D eigenvalue weighted by atomic mass is 16.6. The number of esters is 2. The van der Waals surface area contributed by atoms with Crippen molar-refractivity contribution in [2.45, 2.75) is 41.5 Å². The van der Waals surface area contributed by atoms with Crippen molar-refractivity contribution >= 4 is 69.3 Å². The number of hydrogen-bond donors (Lipinski definition) is 0. The molecule has 0 spiro atoms. The quantitative estimate of drug-likeness (QED) is 0.358. The molecular formula is C24H18N4O10. The molecule has 3 rings (SSSR count). The van der Waals surface area contributed by atoms with E-state index in [2.05, 4.69) is 0 Å². The zero-order valence-electron chi connectivity index (χ0n) is 20.9. The van der Waals surface area contributed by atoms with Gasteiger partial charge in [-0.2, -0.15) is 10.5 Å². The van der Waals surface area contributed by atoms with Crippen LogP contribution in [0.5, 0.6) is 11.5 Å². The number of fused-ring (bicyclic) bond motifs is 2. The van der Waals surface area contributed by atoms with Crippen LogP contribution in [0.25, 0.3) is 21.9 Å². The van der Waals surface area contributed by atoms with Crippen LogP contribution in [0, 0.1) is 22.7 Å². The Hall–Kier alpha value is -5.50. The summed E-state index contributed by atoms with van der Waals surface area (Å²) in [6, 6.07) is 3.53. The Kier molecular flexibility index (Phi) is 7.03. The van der Waals surface area contributed by atoms with Gasteiger partial charge in [0.25, 0.3) is 0 Å². The highest BCUT2D eigenvalue weighted by Gasteiger charge is 2.37. The second kappa shape index (κ2) is 9.87. The third kappa shape index (κ3) is 4.31. The fraction of sp³-hybridized carbons (Fsp3) is 0.250. The largest absolute Gasteiger partial charge is 0.434 e. The molecule has 14 nitrogen and oxygen atoms in total. The van der Waals surface area contributed by atoms with Crippen molar-refractivity contribution in [2.75, 3.05) is 9.80 Å². The van der Waals surface area contributed by atoms with Gasteiger partial charge in [-0.3, -0.25) is 28.8 Å². The molecule has 1 aromatic carbocycles. The molecule has 0 saturated heterocycles. The molecule has 0 aliphatic rings. The molecule has 0 atom stereocenters. The number of furan rings is 2. The average Bonchev–Trinajstić information content (AvgIpc) is 3.33. The summed E-state index contributed by atoms with van der Waals surface area (Å²) in [7, 11) is 0. The molecule has 2 aromatic heterocycles. The van der Waals surface area contributed by atoms with E-state index >= 15 is 0 Å². The molecule has 3 aromatic rings. The number of amides is 4. The third-order valence-corrected chi connectivity index (χ3v) is 5.03. The zero-order valence-corrected chi connectivity index (χ0v) is 20.9. The molecule has 0 fully saturated rings. The van der Waals surface area contributed by atoms with E-state index in [-0.39, 0.29) is 10.8 Å². The van der Waals surface area contributed by atoms with Gasteiger partial charge in [0.05, 0.1) is 10.8 Å². The molecule has 194 valence electrons. The lowest BCUT2D eigenvalue weighted by molar-refractivity contribution is -0.132. The summed E-state index contributed by atoms with van der Waals surface area (Å²) in [5.74, 6) is -7.40. The van der Waals surface area contributed by atoms with Gasteiger partial charge in [0.1, 0.15) is 23.3 Å². The second-order valence-corrected chi connectivity index (χ2v) is 7.79. The molecule has 2 heterocycles. The molecule has 0 saturated carbocycles. The molecule has 4 amide bonds. The van der Waals surface area contributed by atoms with Gasteiger partial charge in [-0.25, -0.2) is 9.80 Å². The van der Waals surface area contributed by atoms with E-state index in [1.165, 1.54) is 0 Å². The number of carbonyl (C=O) groups is 6. The molecular weight excluding hydrogens is 504 g/mol. The maximum atomic E-state index is 12.2. The Bertz CT molecular complexity index is 1530. The number of nitriles is 2. The minimum Gasteiger partial charge on any atom is -0.434 e. The second-order valence-electron chi connectivity index (χ2n) is 7.79. The summed E-state index contributed by atoms with van der Waals surface area (Å²) in [4.78, 5) is 74.1. The van der Waals surface area contributed by atoms with Crippen LogP contribution >= 0.6 is 0 Å². The molecule has 0 aliphatic heterocycles. The predicted octanol–water partition coefficient (Wildman–Crippen LogP) is 2.57.